The second kappa shape index (κ2) is 5.25. The number of rotatable bonds is 3. The third-order valence-corrected chi connectivity index (χ3v) is 3.37. The Bertz CT molecular complexity index is 761. The molecule has 0 aliphatic heterocycles. The Balaban J connectivity index is 2.03. The van der Waals surface area contributed by atoms with Crippen LogP contribution in [0.3, 0.4) is 0 Å². The average molecular weight is 286 g/mol. The van der Waals surface area contributed by atoms with Gasteiger partial charge in [-0.1, -0.05) is 18.2 Å². The second-order valence-electron chi connectivity index (χ2n) is 3.76. The fourth-order valence-corrected chi connectivity index (χ4v) is 2.46. The van der Waals surface area contributed by atoms with Crippen molar-refractivity contribution in [2.24, 2.45) is 0 Å². The van der Waals surface area contributed by atoms with Crippen LogP contribution in [0, 0.1) is 0 Å². The maximum absolute atomic E-state index is 5.61. The Morgan fingerprint density at radius 1 is 1.10 bits per heavy atom. The van der Waals surface area contributed by atoms with Crippen LogP contribution in [0.2, 0.25) is 0 Å². The Morgan fingerprint density at radius 3 is 2.80 bits per heavy atom. The highest BCUT2D eigenvalue weighted by Crippen LogP contribution is 2.29. The first-order valence-corrected chi connectivity index (χ1v) is 6.51. The summed E-state index contributed by atoms with van der Waals surface area (Å²) >= 11 is 1.29. The summed E-state index contributed by atoms with van der Waals surface area (Å²) in [5.74, 6) is 0.109. The lowest BCUT2D eigenvalue weighted by Crippen LogP contribution is -2.02. The molecule has 0 aliphatic carbocycles. The van der Waals surface area contributed by atoms with Crippen molar-refractivity contribution in [3.63, 3.8) is 0 Å². The van der Waals surface area contributed by atoms with Crippen molar-refractivity contribution in [3.05, 3.63) is 30.6 Å². The van der Waals surface area contributed by atoms with Crippen molar-refractivity contribution in [1.29, 1.82) is 0 Å². The molecule has 0 saturated carbocycles. The van der Waals surface area contributed by atoms with Crippen molar-refractivity contribution in [2.45, 2.75) is 10.2 Å². The zero-order valence-electron chi connectivity index (χ0n) is 10.5. The van der Waals surface area contributed by atoms with Gasteiger partial charge in [-0.2, -0.15) is 15.0 Å². The van der Waals surface area contributed by atoms with Crippen LogP contribution in [0.15, 0.2) is 40.8 Å². The molecule has 0 saturated heterocycles. The fourth-order valence-electron chi connectivity index (χ4n) is 1.64. The van der Waals surface area contributed by atoms with E-state index in [1.54, 1.807) is 0 Å². The maximum atomic E-state index is 5.61. The molecule has 2 aromatic heterocycles. The molecular formula is C12H10N6OS. The number of hydrogen-bond donors (Lipinski definition) is 1. The SMILES string of the molecule is COc1nc(N)nc(Sc2ncnc3ccccc23)n1. The number of methoxy groups -OCH3 is 1. The molecule has 2 N–H and O–H groups in total. The van der Waals surface area contributed by atoms with Gasteiger partial charge in [-0.15, -0.1) is 0 Å². The first-order valence-electron chi connectivity index (χ1n) is 5.69. The van der Waals surface area contributed by atoms with Crippen LogP contribution in [0.5, 0.6) is 6.01 Å². The maximum Gasteiger partial charge on any atom is 0.321 e. The van der Waals surface area contributed by atoms with Gasteiger partial charge >= 0.3 is 6.01 Å². The monoisotopic (exact) mass is 286 g/mol. The van der Waals surface area contributed by atoms with Crippen LogP contribution in [-0.4, -0.2) is 32.0 Å². The number of benzene rings is 1. The van der Waals surface area contributed by atoms with Crippen molar-refractivity contribution in [2.75, 3.05) is 12.8 Å². The summed E-state index contributed by atoms with van der Waals surface area (Å²) in [6, 6.07) is 7.90. The van der Waals surface area contributed by atoms with E-state index in [1.807, 2.05) is 24.3 Å². The van der Waals surface area contributed by atoms with Crippen LogP contribution in [0.25, 0.3) is 10.9 Å². The van der Waals surface area contributed by atoms with Gasteiger partial charge in [0.15, 0.2) is 0 Å². The van der Waals surface area contributed by atoms with Crippen LogP contribution in [0.4, 0.5) is 5.95 Å². The first kappa shape index (κ1) is 12.5. The quantitative estimate of drug-likeness (QED) is 0.724. The van der Waals surface area contributed by atoms with Crippen LogP contribution < -0.4 is 10.5 Å². The largest absolute Gasteiger partial charge is 0.467 e. The summed E-state index contributed by atoms with van der Waals surface area (Å²) < 4.78 is 4.97. The van der Waals surface area contributed by atoms with E-state index in [0.717, 1.165) is 15.9 Å². The highest BCUT2D eigenvalue weighted by molar-refractivity contribution is 7.99. The van der Waals surface area contributed by atoms with Crippen molar-refractivity contribution >= 4 is 28.6 Å². The number of nitrogen functional groups attached to an aromatic ring is 1. The van der Waals surface area contributed by atoms with Gasteiger partial charge < -0.3 is 10.5 Å². The Kier molecular flexibility index (Phi) is 3.30. The lowest BCUT2D eigenvalue weighted by Gasteiger charge is -2.04. The van der Waals surface area contributed by atoms with E-state index >= 15 is 0 Å². The molecule has 0 amide bonds. The topological polar surface area (TPSA) is 99.7 Å². The van der Waals surface area contributed by atoms with Gasteiger partial charge in [-0.25, -0.2) is 9.97 Å². The van der Waals surface area contributed by atoms with Gasteiger partial charge in [-0.3, -0.25) is 0 Å². The summed E-state index contributed by atoms with van der Waals surface area (Å²) in [5.41, 5.74) is 6.47. The molecule has 20 heavy (non-hydrogen) atoms. The molecule has 0 atom stereocenters. The molecule has 0 unspecified atom stereocenters. The lowest BCUT2D eigenvalue weighted by molar-refractivity contribution is 0.374. The van der Waals surface area contributed by atoms with Crippen LogP contribution in [0.1, 0.15) is 0 Å². The lowest BCUT2D eigenvalue weighted by atomic mass is 10.2. The average Bonchev–Trinajstić information content (AvgIpc) is 2.47. The number of anilines is 1. The van der Waals surface area contributed by atoms with E-state index in [4.69, 9.17) is 10.5 Å². The number of ether oxygens (including phenoxy) is 1. The molecule has 0 fully saturated rings. The third-order valence-electron chi connectivity index (χ3n) is 2.49. The summed E-state index contributed by atoms with van der Waals surface area (Å²) in [7, 11) is 1.48. The Hall–Kier alpha value is -2.48. The molecule has 0 spiro atoms. The number of nitrogens with two attached hydrogens (primary N) is 1. The predicted octanol–water partition coefficient (Wildman–Crippen LogP) is 1.56. The molecule has 8 heteroatoms. The van der Waals surface area contributed by atoms with Crippen molar-refractivity contribution in [3.8, 4) is 6.01 Å². The minimum Gasteiger partial charge on any atom is -0.467 e. The van der Waals surface area contributed by atoms with E-state index in [1.165, 1.54) is 25.2 Å². The minimum atomic E-state index is 0.109. The molecule has 0 bridgehead atoms. The molecule has 3 rings (SSSR count). The standard InChI is InChI=1S/C12H10N6OS/c1-19-11-16-10(13)17-12(18-11)20-9-7-4-2-3-5-8(7)14-6-15-9/h2-6H,1H3,(H2,13,16,17,18). The smallest absolute Gasteiger partial charge is 0.321 e. The van der Waals surface area contributed by atoms with Crippen LogP contribution >= 0.6 is 11.8 Å². The number of nitrogens with zero attached hydrogens (tertiary/aromatic N) is 5. The highest BCUT2D eigenvalue weighted by atomic mass is 32.2. The van der Waals surface area contributed by atoms with Gasteiger partial charge in [0.1, 0.15) is 11.4 Å². The van der Waals surface area contributed by atoms with E-state index in [2.05, 4.69) is 24.9 Å². The molecule has 7 nitrogen and oxygen atoms in total. The summed E-state index contributed by atoms with van der Waals surface area (Å²) in [6.07, 6.45) is 1.51. The van der Waals surface area contributed by atoms with Gasteiger partial charge in [0, 0.05) is 5.39 Å². The highest BCUT2D eigenvalue weighted by Gasteiger charge is 2.10. The first-order chi connectivity index (χ1) is 9.76. The van der Waals surface area contributed by atoms with Gasteiger partial charge in [-0.05, 0) is 17.8 Å². The number of para-hydroxylation sites is 1. The van der Waals surface area contributed by atoms with Crippen LogP contribution in [-0.2, 0) is 0 Å². The van der Waals surface area contributed by atoms with Gasteiger partial charge in [0.25, 0.3) is 0 Å². The normalized spacial score (nSPS) is 10.7. The Morgan fingerprint density at radius 2 is 1.95 bits per heavy atom. The number of fused-ring (bicyclic) bond motifs is 1. The van der Waals surface area contributed by atoms with Crippen molar-refractivity contribution < 1.29 is 4.74 Å². The summed E-state index contributed by atoms with van der Waals surface area (Å²) in [4.78, 5) is 20.5. The summed E-state index contributed by atoms with van der Waals surface area (Å²) in [6.45, 7) is 0. The van der Waals surface area contributed by atoms with Gasteiger partial charge in [0.2, 0.25) is 11.1 Å². The molecule has 2 heterocycles. The van der Waals surface area contributed by atoms with Gasteiger partial charge in [0.05, 0.1) is 12.6 Å². The zero-order valence-corrected chi connectivity index (χ0v) is 11.3. The summed E-state index contributed by atoms with van der Waals surface area (Å²) in [5, 5.41) is 2.11. The number of hydrogen-bond acceptors (Lipinski definition) is 8. The number of aromatic nitrogens is 5. The predicted molar refractivity (Wildman–Crippen MR) is 74.5 cm³/mol. The molecule has 1 aromatic carbocycles. The van der Waals surface area contributed by atoms with Crippen molar-refractivity contribution in [1.82, 2.24) is 24.9 Å². The molecule has 0 aliphatic rings. The zero-order chi connectivity index (χ0) is 13.9. The van der Waals surface area contributed by atoms with E-state index < -0.39 is 0 Å². The Labute approximate surface area is 118 Å². The molecule has 0 radical (unpaired) electrons. The third kappa shape index (κ3) is 2.45. The molecule has 3 aromatic rings. The fraction of sp³-hybridized carbons (Fsp3) is 0.0833. The minimum absolute atomic E-state index is 0.109. The molecular weight excluding hydrogens is 276 g/mol. The second-order valence-corrected chi connectivity index (χ2v) is 4.72. The van der Waals surface area contributed by atoms with E-state index in [-0.39, 0.29) is 12.0 Å². The molecule has 100 valence electrons. The van der Waals surface area contributed by atoms with E-state index in [0.29, 0.717) is 5.16 Å². The van der Waals surface area contributed by atoms with E-state index in [9.17, 15) is 0 Å².